The standard InChI is InChI=1S/C23H24N4O2/c1-17(11-12-18-7-3-2-4-8-18)25-21(28)13-16-27-22-19(9-5-14-24-22)26-15-6-10-20(26)23(27)29/h2-10,14-15,17H,11-13,16H2,1H3,(H,25,28). The molecule has 3 heterocycles. The Hall–Kier alpha value is -3.41. The van der Waals surface area contributed by atoms with Gasteiger partial charge in [-0.1, -0.05) is 30.3 Å². The molecule has 0 aliphatic heterocycles. The Bertz CT molecular complexity index is 1190. The molecule has 6 nitrogen and oxygen atoms in total. The maximum Gasteiger partial charge on any atom is 0.276 e. The van der Waals surface area contributed by atoms with Crippen LogP contribution in [0.25, 0.3) is 16.7 Å². The predicted molar refractivity (Wildman–Crippen MR) is 114 cm³/mol. The lowest BCUT2D eigenvalue weighted by molar-refractivity contribution is -0.121. The van der Waals surface area contributed by atoms with Gasteiger partial charge in [-0.2, -0.15) is 0 Å². The summed E-state index contributed by atoms with van der Waals surface area (Å²) in [6.45, 7) is 2.31. The minimum Gasteiger partial charge on any atom is -0.354 e. The molecule has 4 rings (SSSR count). The first-order valence-corrected chi connectivity index (χ1v) is 9.91. The maximum absolute atomic E-state index is 12.9. The SMILES string of the molecule is CC(CCc1ccccc1)NC(=O)CCn1c(=O)c2cccn2c2cccnc21. The second-order valence-corrected chi connectivity index (χ2v) is 7.31. The maximum atomic E-state index is 12.9. The molecule has 4 aromatic rings. The van der Waals surface area contributed by atoms with Gasteiger partial charge in [-0.3, -0.25) is 14.2 Å². The Balaban J connectivity index is 1.43. The fourth-order valence-corrected chi connectivity index (χ4v) is 3.65. The number of rotatable bonds is 7. The van der Waals surface area contributed by atoms with Crippen LogP contribution in [0.2, 0.25) is 0 Å². The molecule has 1 atom stereocenters. The Morgan fingerprint density at radius 1 is 1.07 bits per heavy atom. The van der Waals surface area contributed by atoms with E-state index in [4.69, 9.17) is 0 Å². The summed E-state index contributed by atoms with van der Waals surface area (Å²) in [4.78, 5) is 29.7. The monoisotopic (exact) mass is 388 g/mol. The molecule has 0 saturated heterocycles. The summed E-state index contributed by atoms with van der Waals surface area (Å²) in [7, 11) is 0. The minimum atomic E-state index is -0.133. The number of carbonyl (C=O) groups is 1. The van der Waals surface area contributed by atoms with Gasteiger partial charge < -0.3 is 9.72 Å². The second kappa shape index (κ2) is 8.31. The highest BCUT2D eigenvalue weighted by atomic mass is 16.2. The molecule has 29 heavy (non-hydrogen) atoms. The number of aromatic nitrogens is 3. The molecule has 0 aliphatic carbocycles. The Morgan fingerprint density at radius 3 is 2.69 bits per heavy atom. The second-order valence-electron chi connectivity index (χ2n) is 7.31. The molecule has 0 bridgehead atoms. The molecule has 0 fully saturated rings. The highest BCUT2D eigenvalue weighted by Gasteiger charge is 2.13. The van der Waals surface area contributed by atoms with Crippen molar-refractivity contribution in [1.29, 1.82) is 0 Å². The first-order chi connectivity index (χ1) is 14.1. The third kappa shape index (κ3) is 4.06. The zero-order valence-corrected chi connectivity index (χ0v) is 16.4. The molecule has 148 valence electrons. The summed E-state index contributed by atoms with van der Waals surface area (Å²) in [5.74, 6) is -0.0585. The van der Waals surface area contributed by atoms with E-state index in [0.29, 0.717) is 17.7 Å². The van der Waals surface area contributed by atoms with E-state index in [1.54, 1.807) is 16.8 Å². The lowest BCUT2D eigenvalue weighted by Gasteiger charge is -2.15. The highest BCUT2D eigenvalue weighted by molar-refractivity contribution is 5.77. The summed E-state index contributed by atoms with van der Waals surface area (Å²) < 4.78 is 3.44. The first-order valence-electron chi connectivity index (χ1n) is 9.91. The third-order valence-corrected chi connectivity index (χ3v) is 5.17. The normalized spacial score (nSPS) is 12.3. The van der Waals surface area contributed by atoms with E-state index < -0.39 is 0 Å². The van der Waals surface area contributed by atoms with Crippen LogP contribution >= 0.6 is 0 Å². The average Bonchev–Trinajstić information content (AvgIpc) is 3.23. The van der Waals surface area contributed by atoms with E-state index in [0.717, 1.165) is 18.4 Å². The van der Waals surface area contributed by atoms with Crippen molar-refractivity contribution in [3.05, 3.63) is 82.9 Å². The van der Waals surface area contributed by atoms with E-state index in [9.17, 15) is 9.59 Å². The largest absolute Gasteiger partial charge is 0.354 e. The molecule has 1 aromatic carbocycles. The van der Waals surface area contributed by atoms with E-state index in [1.165, 1.54) is 5.56 Å². The summed E-state index contributed by atoms with van der Waals surface area (Å²) in [5.41, 5.74) is 3.15. The molecule has 3 aromatic heterocycles. The Kier molecular flexibility index (Phi) is 5.42. The topological polar surface area (TPSA) is 68.4 Å². The third-order valence-electron chi connectivity index (χ3n) is 5.17. The van der Waals surface area contributed by atoms with Gasteiger partial charge in [0.2, 0.25) is 5.91 Å². The molecular formula is C23H24N4O2. The quantitative estimate of drug-likeness (QED) is 0.529. The number of nitrogens with one attached hydrogen (secondary N) is 1. The number of fused-ring (bicyclic) bond motifs is 3. The highest BCUT2D eigenvalue weighted by Crippen LogP contribution is 2.13. The molecule has 1 amide bonds. The number of pyridine rings is 1. The number of hydrogen-bond acceptors (Lipinski definition) is 3. The van der Waals surface area contributed by atoms with Gasteiger partial charge in [-0.25, -0.2) is 4.98 Å². The fourth-order valence-electron chi connectivity index (χ4n) is 3.65. The van der Waals surface area contributed by atoms with Crippen LogP contribution < -0.4 is 10.9 Å². The van der Waals surface area contributed by atoms with Crippen molar-refractivity contribution in [3.8, 4) is 0 Å². The van der Waals surface area contributed by atoms with Crippen molar-refractivity contribution in [3.63, 3.8) is 0 Å². The lowest BCUT2D eigenvalue weighted by atomic mass is 10.1. The number of benzene rings is 1. The predicted octanol–water partition coefficient (Wildman–Crippen LogP) is 3.18. The van der Waals surface area contributed by atoms with Crippen LogP contribution in [0.15, 0.2) is 71.8 Å². The van der Waals surface area contributed by atoms with Crippen molar-refractivity contribution in [2.24, 2.45) is 0 Å². The zero-order chi connectivity index (χ0) is 20.2. The van der Waals surface area contributed by atoms with Gasteiger partial charge in [0.05, 0.1) is 5.52 Å². The molecule has 1 N–H and O–H groups in total. The smallest absolute Gasteiger partial charge is 0.276 e. The number of hydrogen-bond donors (Lipinski definition) is 1. The molecule has 0 spiro atoms. The van der Waals surface area contributed by atoms with Crippen LogP contribution in [0.3, 0.4) is 0 Å². The molecule has 0 aliphatic rings. The summed E-state index contributed by atoms with van der Waals surface area (Å²) in [5, 5.41) is 3.04. The lowest BCUT2D eigenvalue weighted by Crippen LogP contribution is -2.34. The number of amides is 1. The van der Waals surface area contributed by atoms with Crippen LogP contribution in [0, 0.1) is 0 Å². The minimum absolute atomic E-state index is 0.0585. The van der Waals surface area contributed by atoms with Crippen molar-refractivity contribution >= 4 is 22.6 Å². The first kappa shape index (κ1) is 18.9. The molecular weight excluding hydrogens is 364 g/mol. The average molecular weight is 388 g/mol. The van der Waals surface area contributed by atoms with Crippen LogP contribution in [0.5, 0.6) is 0 Å². The van der Waals surface area contributed by atoms with Crippen molar-refractivity contribution in [2.75, 3.05) is 0 Å². The Morgan fingerprint density at radius 2 is 1.86 bits per heavy atom. The summed E-state index contributed by atoms with van der Waals surface area (Å²) in [6, 6.07) is 17.7. The van der Waals surface area contributed by atoms with E-state index in [-0.39, 0.29) is 23.9 Å². The summed E-state index contributed by atoms with van der Waals surface area (Å²) in [6.07, 6.45) is 5.54. The van der Waals surface area contributed by atoms with E-state index in [2.05, 4.69) is 22.4 Å². The Labute approximate surface area is 168 Å². The van der Waals surface area contributed by atoms with E-state index >= 15 is 0 Å². The molecule has 0 saturated carbocycles. The summed E-state index contributed by atoms with van der Waals surface area (Å²) >= 11 is 0. The number of nitrogens with zero attached hydrogens (tertiary/aromatic N) is 3. The fraction of sp³-hybridized carbons (Fsp3) is 0.261. The van der Waals surface area contributed by atoms with Gasteiger partial charge in [-0.05, 0) is 49.6 Å². The van der Waals surface area contributed by atoms with Gasteiger partial charge >= 0.3 is 0 Å². The van der Waals surface area contributed by atoms with Crippen molar-refractivity contribution in [2.45, 2.75) is 38.8 Å². The van der Waals surface area contributed by atoms with Crippen LogP contribution in [-0.2, 0) is 17.8 Å². The molecule has 6 heteroatoms. The number of carbonyl (C=O) groups excluding carboxylic acids is 1. The van der Waals surface area contributed by atoms with Gasteiger partial charge in [0.15, 0.2) is 5.65 Å². The van der Waals surface area contributed by atoms with Gasteiger partial charge in [0, 0.05) is 31.4 Å². The van der Waals surface area contributed by atoms with Gasteiger partial charge in [0.1, 0.15) is 5.52 Å². The van der Waals surface area contributed by atoms with Gasteiger partial charge in [0.25, 0.3) is 5.56 Å². The molecule has 0 radical (unpaired) electrons. The number of aryl methyl sites for hydroxylation is 2. The molecule has 1 unspecified atom stereocenters. The zero-order valence-electron chi connectivity index (χ0n) is 16.4. The van der Waals surface area contributed by atoms with Crippen LogP contribution in [0.4, 0.5) is 0 Å². The van der Waals surface area contributed by atoms with Crippen LogP contribution in [0.1, 0.15) is 25.3 Å². The van der Waals surface area contributed by atoms with Crippen molar-refractivity contribution in [1.82, 2.24) is 19.3 Å². The van der Waals surface area contributed by atoms with Crippen molar-refractivity contribution < 1.29 is 4.79 Å². The van der Waals surface area contributed by atoms with Crippen LogP contribution in [-0.4, -0.2) is 25.9 Å². The van der Waals surface area contributed by atoms with E-state index in [1.807, 2.05) is 53.9 Å². The van der Waals surface area contributed by atoms with Gasteiger partial charge in [-0.15, -0.1) is 0 Å².